The van der Waals surface area contributed by atoms with E-state index >= 15 is 0 Å². The van der Waals surface area contributed by atoms with Crippen LogP contribution >= 0.6 is 11.6 Å². The first-order chi connectivity index (χ1) is 16.7. The van der Waals surface area contributed by atoms with Crippen LogP contribution in [-0.4, -0.2) is 60.8 Å². The van der Waals surface area contributed by atoms with Crippen molar-refractivity contribution in [2.45, 2.75) is 58.6 Å². The third-order valence-corrected chi connectivity index (χ3v) is 6.32. The maximum Gasteiger partial charge on any atom is 0.326 e. The van der Waals surface area contributed by atoms with Gasteiger partial charge in [-0.05, 0) is 37.3 Å². The van der Waals surface area contributed by atoms with Crippen molar-refractivity contribution in [1.29, 1.82) is 0 Å². The van der Waals surface area contributed by atoms with E-state index in [1.165, 1.54) is 6.20 Å². The van der Waals surface area contributed by atoms with Crippen LogP contribution in [0.2, 0.25) is 5.15 Å². The summed E-state index contributed by atoms with van der Waals surface area (Å²) in [4.78, 5) is 33.5. The van der Waals surface area contributed by atoms with Crippen molar-refractivity contribution in [2.75, 3.05) is 37.0 Å². The molecule has 1 N–H and O–H groups in total. The molecule has 1 atom stereocenters. The number of para-hydroxylation sites is 1. The lowest BCUT2D eigenvalue weighted by Gasteiger charge is -2.39. The number of hydrogen-bond acceptors (Lipinski definition) is 5. The molecule has 1 aromatic carbocycles. The van der Waals surface area contributed by atoms with Crippen LogP contribution in [0.3, 0.4) is 0 Å². The number of piperidine rings is 1. The number of urea groups is 1. The molecule has 1 aliphatic rings. The van der Waals surface area contributed by atoms with Crippen molar-refractivity contribution in [1.82, 2.24) is 9.88 Å². The lowest BCUT2D eigenvalue weighted by Crippen LogP contribution is -2.50. The monoisotopic (exact) mass is 502 g/mol. The van der Waals surface area contributed by atoms with Gasteiger partial charge < -0.3 is 19.7 Å². The van der Waals surface area contributed by atoms with Crippen LogP contribution in [0.25, 0.3) is 0 Å². The van der Waals surface area contributed by atoms with Crippen LogP contribution in [-0.2, 0) is 9.53 Å². The molecule has 1 aromatic heterocycles. The van der Waals surface area contributed by atoms with Gasteiger partial charge in [0.1, 0.15) is 22.7 Å². The summed E-state index contributed by atoms with van der Waals surface area (Å²) in [6.07, 6.45) is 2.63. The third-order valence-electron chi connectivity index (χ3n) is 6.12. The second kappa shape index (κ2) is 12.2. The summed E-state index contributed by atoms with van der Waals surface area (Å²) >= 11 is 6.11. The van der Waals surface area contributed by atoms with E-state index in [0.29, 0.717) is 44.0 Å². The number of nitrogens with one attached hydrogen (secondary N) is 1. The summed E-state index contributed by atoms with van der Waals surface area (Å²) in [5, 5.41) is 3.27. The number of rotatable bonds is 8. The predicted molar refractivity (Wildman–Crippen MR) is 139 cm³/mol. The minimum absolute atomic E-state index is 0.0567. The van der Waals surface area contributed by atoms with E-state index in [9.17, 15) is 9.59 Å². The molecule has 0 spiro atoms. The normalized spacial score (nSPS) is 15.1. The molecular weight excluding hydrogens is 468 g/mol. The summed E-state index contributed by atoms with van der Waals surface area (Å²) < 4.78 is 11.1. The van der Waals surface area contributed by atoms with E-state index < -0.39 is 0 Å². The number of pyridine rings is 1. The maximum absolute atomic E-state index is 13.8. The first-order valence-electron chi connectivity index (χ1n) is 12.0. The van der Waals surface area contributed by atoms with Crippen molar-refractivity contribution in [3.8, 4) is 5.75 Å². The van der Waals surface area contributed by atoms with Gasteiger partial charge in [0, 0.05) is 44.9 Å². The second-order valence-corrected chi connectivity index (χ2v) is 9.53. The Morgan fingerprint density at radius 2 is 1.91 bits per heavy atom. The number of halogens is 1. The van der Waals surface area contributed by atoms with Crippen LogP contribution in [0.15, 0.2) is 36.5 Å². The molecule has 0 unspecified atom stereocenters. The third kappa shape index (κ3) is 6.86. The Kier molecular flexibility index (Phi) is 9.34. The number of benzene rings is 1. The van der Waals surface area contributed by atoms with Crippen molar-refractivity contribution in [3.05, 3.63) is 47.2 Å². The molecule has 1 fully saturated rings. The number of ether oxygens (including phenoxy) is 2. The molecule has 3 rings (SSSR count). The number of amides is 3. The van der Waals surface area contributed by atoms with Gasteiger partial charge in [0.2, 0.25) is 5.91 Å². The fraction of sp³-hybridized carbons (Fsp3) is 0.500. The largest absolute Gasteiger partial charge is 0.486 e. The fourth-order valence-corrected chi connectivity index (χ4v) is 4.52. The highest BCUT2D eigenvalue weighted by Crippen LogP contribution is 2.33. The highest BCUT2D eigenvalue weighted by Gasteiger charge is 2.32. The molecule has 0 aliphatic carbocycles. The quantitative estimate of drug-likeness (QED) is 0.494. The summed E-state index contributed by atoms with van der Waals surface area (Å²) in [5.74, 6) is 0.706. The topological polar surface area (TPSA) is 84.0 Å². The number of carbonyl (C=O) groups is 2. The molecule has 0 saturated carbocycles. The molecule has 0 radical (unpaired) electrons. The van der Waals surface area contributed by atoms with E-state index in [2.05, 4.69) is 30.2 Å². The highest BCUT2D eigenvalue weighted by molar-refractivity contribution is 6.29. The van der Waals surface area contributed by atoms with Crippen LogP contribution in [0, 0.1) is 0 Å². The SMILES string of the molecule is COC[C@H](C)Oc1cc(Cl)ncc1NC(=O)N(c1ccccc1C(C)C)C1CCN(C(C)=O)CC1. The molecule has 8 nitrogen and oxygen atoms in total. The van der Waals surface area contributed by atoms with Crippen molar-refractivity contribution < 1.29 is 19.1 Å². The molecule has 2 heterocycles. The number of anilines is 2. The summed E-state index contributed by atoms with van der Waals surface area (Å²) in [7, 11) is 1.60. The van der Waals surface area contributed by atoms with E-state index in [0.717, 1.165) is 11.3 Å². The molecule has 3 amide bonds. The minimum Gasteiger partial charge on any atom is -0.486 e. The maximum atomic E-state index is 13.8. The van der Waals surface area contributed by atoms with Gasteiger partial charge in [-0.15, -0.1) is 0 Å². The van der Waals surface area contributed by atoms with Gasteiger partial charge in [-0.2, -0.15) is 0 Å². The van der Waals surface area contributed by atoms with Gasteiger partial charge >= 0.3 is 6.03 Å². The zero-order valence-corrected chi connectivity index (χ0v) is 21.8. The fourth-order valence-electron chi connectivity index (χ4n) is 4.37. The molecule has 0 bridgehead atoms. The van der Waals surface area contributed by atoms with Crippen LogP contribution in [0.4, 0.5) is 16.2 Å². The number of nitrogens with zero attached hydrogens (tertiary/aromatic N) is 3. The average molecular weight is 503 g/mol. The number of aromatic nitrogens is 1. The molecule has 1 saturated heterocycles. The molecule has 2 aromatic rings. The van der Waals surface area contributed by atoms with E-state index in [-0.39, 0.29) is 35.2 Å². The lowest BCUT2D eigenvalue weighted by atomic mass is 9.97. The zero-order valence-electron chi connectivity index (χ0n) is 21.1. The standard InChI is InChI=1S/C26H35ClN4O4/c1-17(2)21-8-6-7-9-23(21)31(20-10-12-30(13-11-20)19(4)32)26(33)29-22-15-28-25(27)14-24(22)35-18(3)16-34-5/h6-9,14-15,17-18,20H,10-13,16H2,1-5H3,(H,29,33)/t18-/m0/s1. The molecular formula is C26H35ClN4O4. The summed E-state index contributed by atoms with van der Waals surface area (Å²) in [6.45, 7) is 9.28. The smallest absolute Gasteiger partial charge is 0.326 e. The van der Waals surface area contributed by atoms with Gasteiger partial charge in [-0.25, -0.2) is 9.78 Å². The first kappa shape index (κ1) is 26.8. The number of carbonyl (C=O) groups excluding carboxylic acids is 2. The average Bonchev–Trinajstić information content (AvgIpc) is 2.81. The van der Waals surface area contributed by atoms with Crippen LogP contribution < -0.4 is 15.0 Å². The van der Waals surface area contributed by atoms with Gasteiger partial charge in [0.15, 0.2) is 0 Å². The van der Waals surface area contributed by atoms with Crippen molar-refractivity contribution in [2.24, 2.45) is 0 Å². The Balaban J connectivity index is 1.93. The van der Waals surface area contributed by atoms with E-state index in [4.69, 9.17) is 21.1 Å². The van der Waals surface area contributed by atoms with Crippen molar-refractivity contribution in [3.63, 3.8) is 0 Å². The highest BCUT2D eigenvalue weighted by atomic mass is 35.5. The van der Waals surface area contributed by atoms with Gasteiger partial charge in [-0.1, -0.05) is 43.6 Å². The number of likely N-dealkylation sites (tertiary alicyclic amines) is 1. The van der Waals surface area contributed by atoms with E-state index in [1.807, 2.05) is 34.9 Å². The lowest BCUT2D eigenvalue weighted by molar-refractivity contribution is -0.129. The van der Waals surface area contributed by atoms with Crippen molar-refractivity contribution >= 4 is 34.9 Å². The Hall–Kier alpha value is -2.84. The molecule has 9 heteroatoms. The number of hydrogen-bond donors (Lipinski definition) is 1. The Labute approximate surface area is 212 Å². The zero-order chi connectivity index (χ0) is 25.5. The van der Waals surface area contributed by atoms with Gasteiger partial charge in [-0.3, -0.25) is 9.69 Å². The predicted octanol–water partition coefficient (Wildman–Crippen LogP) is 5.32. The second-order valence-electron chi connectivity index (χ2n) is 9.14. The molecule has 35 heavy (non-hydrogen) atoms. The summed E-state index contributed by atoms with van der Waals surface area (Å²) in [6, 6.07) is 9.19. The number of methoxy groups -OCH3 is 1. The molecule has 190 valence electrons. The van der Waals surface area contributed by atoms with Crippen LogP contribution in [0.1, 0.15) is 52.0 Å². The Morgan fingerprint density at radius 1 is 1.23 bits per heavy atom. The van der Waals surface area contributed by atoms with Crippen LogP contribution in [0.5, 0.6) is 5.75 Å². The Bertz CT molecular complexity index is 1020. The molecule has 1 aliphatic heterocycles. The van der Waals surface area contributed by atoms with E-state index in [1.54, 1.807) is 20.1 Å². The summed E-state index contributed by atoms with van der Waals surface area (Å²) in [5.41, 5.74) is 2.37. The van der Waals surface area contributed by atoms with Gasteiger partial charge in [0.25, 0.3) is 0 Å². The minimum atomic E-state index is -0.284. The first-order valence-corrected chi connectivity index (χ1v) is 12.3. The van der Waals surface area contributed by atoms with Gasteiger partial charge in [0.05, 0.1) is 12.8 Å². The Morgan fingerprint density at radius 3 is 2.54 bits per heavy atom.